The number of benzene rings is 2. The summed E-state index contributed by atoms with van der Waals surface area (Å²) in [7, 11) is 0. The number of likely N-dealkylation sites (tertiary alicyclic amines) is 1. The SMILES string of the molecule is CC(=O)Nc1ccc(-c2noc(C3CCN(C(=O)Cc4ccc(C)cc4)CC3)n2)cc1. The second kappa shape index (κ2) is 9.12. The van der Waals surface area contributed by atoms with Crippen molar-refractivity contribution in [2.45, 2.75) is 39.0 Å². The van der Waals surface area contributed by atoms with Gasteiger partial charge in [0.25, 0.3) is 0 Å². The number of amides is 2. The molecule has 0 radical (unpaired) electrons. The minimum atomic E-state index is -0.113. The molecule has 2 heterocycles. The molecule has 1 aromatic heterocycles. The summed E-state index contributed by atoms with van der Waals surface area (Å²) in [6.07, 6.45) is 2.05. The van der Waals surface area contributed by atoms with E-state index in [9.17, 15) is 9.59 Å². The number of nitrogens with one attached hydrogen (secondary N) is 1. The first-order chi connectivity index (χ1) is 15.0. The van der Waals surface area contributed by atoms with Gasteiger partial charge in [0.2, 0.25) is 23.5 Å². The molecule has 1 aliphatic heterocycles. The molecule has 4 rings (SSSR count). The van der Waals surface area contributed by atoms with Crippen molar-refractivity contribution in [1.29, 1.82) is 0 Å². The summed E-state index contributed by atoms with van der Waals surface area (Å²) >= 11 is 0. The molecule has 0 bridgehead atoms. The van der Waals surface area contributed by atoms with Crippen molar-refractivity contribution in [3.8, 4) is 11.4 Å². The number of aromatic nitrogens is 2. The van der Waals surface area contributed by atoms with E-state index < -0.39 is 0 Å². The van der Waals surface area contributed by atoms with Gasteiger partial charge in [0.15, 0.2) is 0 Å². The van der Waals surface area contributed by atoms with Crippen LogP contribution in [0.5, 0.6) is 0 Å². The maximum absolute atomic E-state index is 12.6. The van der Waals surface area contributed by atoms with E-state index in [1.807, 2.05) is 60.4 Å². The Kier molecular flexibility index (Phi) is 6.11. The standard InChI is InChI=1S/C24H26N4O3/c1-16-3-5-18(6-4-16)15-22(30)28-13-11-20(12-14-28)24-26-23(27-31-24)19-7-9-21(10-8-19)25-17(2)29/h3-10,20H,11-15H2,1-2H3,(H,25,29). The Hall–Kier alpha value is -3.48. The van der Waals surface area contributed by atoms with Crippen molar-refractivity contribution in [3.05, 3.63) is 65.5 Å². The summed E-state index contributed by atoms with van der Waals surface area (Å²) in [5.74, 6) is 1.35. The smallest absolute Gasteiger partial charge is 0.230 e. The lowest BCUT2D eigenvalue weighted by Crippen LogP contribution is -2.38. The zero-order valence-corrected chi connectivity index (χ0v) is 17.8. The molecule has 31 heavy (non-hydrogen) atoms. The lowest BCUT2D eigenvalue weighted by Gasteiger charge is -2.30. The molecule has 2 amide bonds. The van der Waals surface area contributed by atoms with Crippen LogP contribution in [-0.4, -0.2) is 39.9 Å². The molecule has 0 saturated carbocycles. The Morgan fingerprint density at radius 3 is 2.39 bits per heavy atom. The Bertz CT molecular complexity index is 1050. The first kappa shape index (κ1) is 20.8. The summed E-state index contributed by atoms with van der Waals surface area (Å²) in [6.45, 7) is 4.90. The zero-order chi connectivity index (χ0) is 21.8. The fourth-order valence-corrected chi connectivity index (χ4v) is 3.79. The minimum absolute atomic E-state index is 0.113. The van der Waals surface area contributed by atoms with Gasteiger partial charge in [-0.05, 0) is 49.6 Å². The molecule has 2 aromatic carbocycles. The predicted molar refractivity (Wildman–Crippen MR) is 117 cm³/mol. The van der Waals surface area contributed by atoms with Gasteiger partial charge in [-0.2, -0.15) is 4.98 Å². The highest BCUT2D eigenvalue weighted by atomic mass is 16.5. The molecule has 7 nitrogen and oxygen atoms in total. The van der Waals surface area contributed by atoms with Gasteiger partial charge in [-0.1, -0.05) is 35.0 Å². The van der Waals surface area contributed by atoms with Gasteiger partial charge in [0.1, 0.15) is 0 Å². The van der Waals surface area contributed by atoms with Crippen LogP contribution in [0.2, 0.25) is 0 Å². The molecule has 7 heteroatoms. The molecule has 160 valence electrons. The van der Waals surface area contributed by atoms with E-state index in [0.717, 1.165) is 29.7 Å². The number of nitrogens with zero attached hydrogens (tertiary/aromatic N) is 3. The van der Waals surface area contributed by atoms with E-state index in [2.05, 4.69) is 15.5 Å². The largest absolute Gasteiger partial charge is 0.342 e. The summed E-state index contributed by atoms with van der Waals surface area (Å²) in [4.78, 5) is 30.3. The van der Waals surface area contributed by atoms with E-state index in [1.54, 1.807) is 0 Å². The third-order valence-electron chi connectivity index (χ3n) is 5.58. The Balaban J connectivity index is 1.33. The molecule has 0 aliphatic carbocycles. The maximum Gasteiger partial charge on any atom is 0.230 e. The number of aryl methyl sites for hydroxylation is 1. The number of piperidine rings is 1. The predicted octanol–water partition coefficient (Wildman–Crippen LogP) is 3.95. The van der Waals surface area contributed by atoms with Crippen LogP contribution in [0.1, 0.15) is 42.7 Å². The van der Waals surface area contributed by atoms with Gasteiger partial charge in [0, 0.05) is 37.2 Å². The van der Waals surface area contributed by atoms with Gasteiger partial charge in [0.05, 0.1) is 6.42 Å². The van der Waals surface area contributed by atoms with Gasteiger partial charge in [-0.3, -0.25) is 9.59 Å². The van der Waals surface area contributed by atoms with Crippen LogP contribution in [0.15, 0.2) is 53.1 Å². The number of carbonyl (C=O) groups excluding carboxylic acids is 2. The van der Waals surface area contributed by atoms with E-state index in [0.29, 0.717) is 31.2 Å². The van der Waals surface area contributed by atoms with Crippen LogP contribution in [-0.2, 0) is 16.0 Å². The van der Waals surface area contributed by atoms with Crippen LogP contribution >= 0.6 is 0 Å². The summed E-state index contributed by atoms with van der Waals surface area (Å²) in [6, 6.07) is 15.4. The molecular formula is C24H26N4O3. The average molecular weight is 418 g/mol. The van der Waals surface area contributed by atoms with Crippen molar-refractivity contribution in [3.63, 3.8) is 0 Å². The van der Waals surface area contributed by atoms with Crippen LogP contribution < -0.4 is 5.32 Å². The monoisotopic (exact) mass is 418 g/mol. The van der Waals surface area contributed by atoms with Gasteiger partial charge in [-0.25, -0.2) is 0 Å². The van der Waals surface area contributed by atoms with Gasteiger partial charge >= 0.3 is 0 Å². The van der Waals surface area contributed by atoms with Crippen LogP contribution in [0.4, 0.5) is 5.69 Å². The van der Waals surface area contributed by atoms with Crippen LogP contribution in [0.25, 0.3) is 11.4 Å². The van der Waals surface area contributed by atoms with Crippen molar-refractivity contribution in [1.82, 2.24) is 15.0 Å². The number of carbonyl (C=O) groups is 2. The molecule has 0 atom stereocenters. The van der Waals surface area contributed by atoms with Crippen LogP contribution in [0, 0.1) is 6.92 Å². The normalized spacial score (nSPS) is 14.5. The van der Waals surface area contributed by atoms with E-state index in [4.69, 9.17) is 4.52 Å². The van der Waals surface area contributed by atoms with Crippen molar-refractivity contribution in [2.24, 2.45) is 0 Å². The van der Waals surface area contributed by atoms with Gasteiger partial charge in [-0.15, -0.1) is 0 Å². The molecule has 1 fully saturated rings. The molecule has 1 saturated heterocycles. The van der Waals surface area contributed by atoms with E-state index in [-0.39, 0.29) is 17.7 Å². The number of hydrogen-bond donors (Lipinski definition) is 1. The number of hydrogen-bond acceptors (Lipinski definition) is 5. The number of anilines is 1. The third kappa shape index (κ3) is 5.17. The Morgan fingerprint density at radius 2 is 1.74 bits per heavy atom. The lowest BCUT2D eigenvalue weighted by molar-refractivity contribution is -0.131. The average Bonchev–Trinajstić information content (AvgIpc) is 3.26. The molecule has 0 unspecified atom stereocenters. The lowest BCUT2D eigenvalue weighted by atomic mass is 9.96. The molecule has 3 aromatic rings. The minimum Gasteiger partial charge on any atom is -0.342 e. The highest BCUT2D eigenvalue weighted by Crippen LogP contribution is 2.29. The zero-order valence-electron chi connectivity index (χ0n) is 17.8. The Morgan fingerprint density at radius 1 is 1.06 bits per heavy atom. The van der Waals surface area contributed by atoms with E-state index in [1.165, 1.54) is 12.5 Å². The van der Waals surface area contributed by atoms with Crippen molar-refractivity contribution < 1.29 is 14.1 Å². The van der Waals surface area contributed by atoms with Gasteiger partial charge < -0.3 is 14.7 Å². The first-order valence-electron chi connectivity index (χ1n) is 10.5. The maximum atomic E-state index is 12.6. The highest BCUT2D eigenvalue weighted by molar-refractivity contribution is 5.88. The Labute approximate surface area is 181 Å². The molecule has 1 N–H and O–H groups in total. The summed E-state index contributed by atoms with van der Waals surface area (Å²) < 4.78 is 5.52. The highest BCUT2D eigenvalue weighted by Gasteiger charge is 2.27. The van der Waals surface area contributed by atoms with Crippen molar-refractivity contribution >= 4 is 17.5 Å². The topological polar surface area (TPSA) is 88.3 Å². The fraction of sp³-hybridized carbons (Fsp3) is 0.333. The molecular weight excluding hydrogens is 392 g/mol. The first-order valence-corrected chi connectivity index (χ1v) is 10.5. The quantitative estimate of drug-likeness (QED) is 0.678. The fourth-order valence-electron chi connectivity index (χ4n) is 3.79. The second-order valence-corrected chi connectivity index (χ2v) is 8.03. The summed E-state index contributed by atoms with van der Waals surface area (Å²) in [5.41, 5.74) is 3.79. The number of rotatable bonds is 5. The summed E-state index contributed by atoms with van der Waals surface area (Å²) in [5, 5.41) is 6.85. The van der Waals surface area contributed by atoms with Crippen LogP contribution in [0.3, 0.4) is 0 Å². The van der Waals surface area contributed by atoms with E-state index >= 15 is 0 Å². The third-order valence-corrected chi connectivity index (χ3v) is 5.58. The molecule has 1 aliphatic rings. The van der Waals surface area contributed by atoms with Crippen molar-refractivity contribution in [2.75, 3.05) is 18.4 Å². The second-order valence-electron chi connectivity index (χ2n) is 8.03. The molecule has 0 spiro atoms.